The fourth-order valence-corrected chi connectivity index (χ4v) is 5.21. The molecule has 0 radical (unpaired) electrons. The van der Waals surface area contributed by atoms with Crippen LogP contribution in [0.5, 0.6) is 0 Å². The second kappa shape index (κ2) is 7.65. The molecule has 164 valence electrons. The maximum atomic E-state index is 13.3. The van der Waals surface area contributed by atoms with E-state index in [2.05, 4.69) is 32.9 Å². The van der Waals surface area contributed by atoms with Gasteiger partial charge in [0.15, 0.2) is 0 Å². The quantitative estimate of drug-likeness (QED) is 0.514. The average Bonchev–Trinajstić information content (AvgIpc) is 3.04. The highest BCUT2D eigenvalue weighted by Gasteiger charge is 2.44. The first-order valence-electron chi connectivity index (χ1n) is 10.5. The largest absolute Gasteiger partial charge is 0.430 e. The second-order valence-corrected chi connectivity index (χ2v) is 12.0. The molecule has 0 N–H and O–H groups in total. The first-order chi connectivity index (χ1) is 13.7. The molecule has 1 heterocycles. The third-order valence-electron chi connectivity index (χ3n) is 6.31. The van der Waals surface area contributed by atoms with E-state index in [9.17, 15) is 13.2 Å². The van der Waals surface area contributed by atoms with Crippen molar-refractivity contribution in [1.82, 2.24) is 4.31 Å². The van der Waals surface area contributed by atoms with Gasteiger partial charge in [0.1, 0.15) is 5.76 Å². The van der Waals surface area contributed by atoms with Gasteiger partial charge in [-0.3, -0.25) is 4.79 Å². The van der Waals surface area contributed by atoms with Crippen molar-refractivity contribution in [2.24, 2.45) is 22.7 Å². The summed E-state index contributed by atoms with van der Waals surface area (Å²) in [6, 6.07) is 6.91. The van der Waals surface area contributed by atoms with Crippen molar-refractivity contribution in [2.75, 3.05) is 13.1 Å². The molecule has 1 aromatic carbocycles. The van der Waals surface area contributed by atoms with Crippen LogP contribution < -0.4 is 0 Å². The first kappa shape index (κ1) is 22.8. The van der Waals surface area contributed by atoms with Crippen LogP contribution in [0, 0.1) is 29.6 Å². The molecule has 6 heteroatoms. The van der Waals surface area contributed by atoms with Gasteiger partial charge in [-0.15, -0.1) is 0 Å². The molecule has 30 heavy (non-hydrogen) atoms. The van der Waals surface area contributed by atoms with Crippen LogP contribution in [0.15, 0.2) is 52.6 Å². The number of carbonyl (C=O) groups excluding carboxylic acids is 1. The molecule has 0 saturated carbocycles. The number of fused-ring (bicyclic) bond motifs is 1. The number of ether oxygens (including phenoxy) is 1. The summed E-state index contributed by atoms with van der Waals surface area (Å²) in [4.78, 5) is 13.0. The Kier molecular flexibility index (Phi) is 5.80. The van der Waals surface area contributed by atoms with E-state index in [0.29, 0.717) is 12.3 Å². The molecule has 1 aliphatic carbocycles. The zero-order valence-corrected chi connectivity index (χ0v) is 19.8. The lowest BCUT2D eigenvalue weighted by molar-refractivity contribution is -0.150. The molecule has 0 bridgehead atoms. The topological polar surface area (TPSA) is 63.7 Å². The molecule has 5 nitrogen and oxygen atoms in total. The Labute approximate surface area is 180 Å². The normalized spacial score (nSPS) is 24.5. The van der Waals surface area contributed by atoms with Gasteiger partial charge in [0.25, 0.3) is 0 Å². The Bertz CT molecular complexity index is 995. The fourth-order valence-electron chi connectivity index (χ4n) is 3.77. The molecule has 2 aliphatic rings. The molecule has 3 rings (SSSR count). The monoisotopic (exact) mass is 431 g/mol. The Morgan fingerprint density at radius 3 is 2.30 bits per heavy atom. The van der Waals surface area contributed by atoms with Gasteiger partial charge in [-0.05, 0) is 51.3 Å². The molecule has 0 unspecified atom stereocenters. The van der Waals surface area contributed by atoms with Crippen molar-refractivity contribution in [3.63, 3.8) is 0 Å². The minimum Gasteiger partial charge on any atom is -0.430 e. The Morgan fingerprint density at radius 2 is 1.73 bits per heavy atom. The van der Waals surface area contributed by atoms with Gasteiger partial charge in [0.2, 0.25) is 10.0 Å². The molecule has 1 saturated heterocycles. The third kappa shape index (κ3) is 4.12. The minimum atomic E-state index is -3.63. The summed E-state index contributed by atoms with van der Waals surface area (Å²) in [6.07, 6.45) is 4.19. The lowest BCUT2D eigenvalue weighted by atomic mass is 9.77. The molecular formula is C24H33NO4S. The SMILES string of the molecule is Cc1ccc(S(=O)(=O)N2CC3=C(OC(=O)C(C)(C)C)C(C)(C)[C@H](C)C=C[C@@H]3C2)cc1. The molecular weight excluding hydrogens is 398 g/mol. The minimum absolute atomic E-state index is 0.0998. The van der Waals surface area contributed by atoms with Crippen molar-refractivity contribution in [1.29, 1.82) is 0 Å². The van der Waals surface area contributed by atoms with Gasteiger partial charge in [-0.2, -0.15) is 4.31 Å². The summed E-state index contributed by atoms with van der Waals surface area (Å²) < 4.78 is 34.0. The summed E-state index contributed by atoms with van der Waals surface area (Å²) >= 11 is 0. The fraction of sp³-hybridized carbons (Fsp3) is 0.542. The maximum Gasteiger partial charge on any atom is 0.316 e. The molecule has 0 aromatic heterocycles. The predicted octanol–water partition coefficient (Wildman–Crippen LogP) is 4.69. The standard InChI is InChI=1S/C24H33NO4S/c1-16-8-12-19(13-9-16)30(27,28)25-14-18-11-10-17(2)24(6,7)21(20(18)15-25)29-22(26)23(3,4)5/h8-13,17-18H,14-15H2,1-7H3/t17-,18-/m1/s1. The van der Waals surface area contributed by atoms with Crippen LogP contribution in [0.25, 0.3) is 0 Å². The van der Waals surface area contributed by atoms with Crippen molar-refractivity contribution in [3.8, 4) is 0 Å². The zero-order valence-electron chi connectivity index (χ0n) is 19.0. The number of benzene rings is 1. The van der Waals surface area contributed by atoms with E-state index < -0.39 is 20.9 Å². The van der Waals surface area contributed by atoms with Crippen LogP contribution in [0.4, 0.5) is 0 Å². The second-order valence-electron chi connectivity index (χ2n) is 10.1. The summed E-state index contributed by atoms with van der Waals surface area (Å²) in [6.45, 7) is 14.2. The van der Waals surface area contributed by atoms with E-state index >= 15 is 0 Å². The summed E-state index contributed by atoms with van der Waals surface area (Å²) in [5.41, 5.74) is 0.826. The Balaban J connectivity index is 2.04. The molecule has 0 amide bonds. The summed E-state index contributed by atoms with van der Waals surface area (Å²) in [5.74, 6) is 0.370. The van der Waals surface area contributed by atoms with Crippen LogP contribution in [0.1, 0.15) is 47.1 Å². The highest BCUT2D eigenvalue weighted by atomic mass is 32.2. The lowest BCUT2D eigenvalue weighted by Crippen LogP contribution is -2.32. The number of sulfonamides is 1. The number of carbonyl (C=O) groups is 1. The number of allylic oxidation sites excluding steroid dienone is 2. The zero-order chi connectivity index (χ0) is 22.5. The Morgan fingerprint density at radius 1 is 1.13 bits per heavy atom. The van der Waals surface area contributed by atoms with E-state index in [1.807, 2.05) is 39.8 Å². The van der Waals surface area contributed by atoms with Crippen molar-refractivity contribution < 1.29 is 17.9 Å². The smallest absolute Gasteiger partial charge is 0.316 e. The van der Waals surface area contributed by atoms with Crippen LogP contribution in [-0.2, 0) is 19.6 Å². The van der Waals surface area contributed by atoms with E-state index in [1.54, 1.807) is 12.1 Å². The van der Waals surface area contributed by atoms with Crippen molar-refractivity contribution in [2.45, 2.75) is 53.4 Å². The molecule has 1 aliphatic heterocycles. The maximum absolute atomic E-state index is 13.3. The van der Waals surface area contributed by atoms with Gasteiger partial charge in [-0.25, -0.2) is 8.42 Å². The van der Waals surface area contributed by atoms with E-state index in [4.69, 9.17) is 4.74 Å². The van der Waals surface area contributed by atoms with Crippen molar-refractivity contribution >= 4 is 16.0 Å². The highest BCUT2D eigenvalue weighted by molar-refractivity contribution is 7.89. The van der Waals surface area contributed by atoms with Gasteiger partial charge in [0.05, 0.1) is 10.3 Å². The van der Waals surface area contributed by atoms with E-state index in [1.165, 1.54) is 4.31 Å². The van der Waals surface area contributed by atoms with Gasteiger partial charge < -0.3 is 4.74 Å². The molecule has 2 atom stereocenters. The molecule has 1 aromatic rings. The number of rotatable bonds is 3. The number of hydrogen-bond acceptors (Lipinski definition) is 4. The van der Waals surface area contributed by atoms with Crippen molar-refractivity contribution in [3.05, 3.63) is 53.3 Å². The van der Waals surface area contributed by atoms with Gasteiger partial charge in [0, 0.05) is 24.4 Å². The van der Waals surface area contributed by atoms with Crippen LogP contribution in [-0.4, -0.2) is 31.8 Å². The average molecular weight is 432 g/mol. The molecule has 1 fully saturated rings. The highest BCUT2D eigenvalue weighted by Crippen LogP contribution is 2.46. The summed E-state index contributed by atoms with van der Waals surface area (Å²) in [7, 11) is -3.63. The first-order valence-corrected chi connectivity index (χ1v) is 11.9. The number of aryl methyl sites for hydroxylation is 1. The van der Waals surface area contributed by atoms with Crippen LogP contribution >= 0.6 is 0 Å². The number of esters is 1. The van der Waals surface area contributed by atoms with E-state index in [0.717, 1.165) is 11.1 Å². The lowest BCUT2D eigenvalue weighted by Gasteiger charge is -2.33. The van der Waals surface area contributed by atoms with Crippen LogP contribution in [0.2, 0.25) is 0 Å². The third-order valence-corrected chi connectivity index (χ3v) is 8.13. The molecule has 0 spiro atoms. The Hall–Kier alpha value is -1.92. The summed E-state index contributed by atoms with van der Waals surface area (Å²) in [5, 5.41) is 0. The number of nitrogens with zero attached hydrogens (tertiary/aromatic N) is 1. The van der Waals surface area contributed by atoms with E-state index in [-0.39, 0.29) is 29.2 Å². The van der Waals surface area contributed by atoms with Gasteiger partial charge in [-0.1, -0.05) is 50.6 Å². The van der Waals surface area contributed by atoms with Gasteiger partial charge >= 0.3 is 5.97 Å². The predicted molar refractivity (Wildman–Crippen MR) is 118 cm³/mol. The van der Waals surface area contributed by atoms with Crippen LogP contribution in [0.3, 0.4) is 0 Å². The number of hydrogen-bond donors (Lipinski definition) is 0.